The first-order valence-corrected chi connectivity index (χ1v) is 4.04. The van der Waals surface area contributed by atoms with E-state index in [9.17, 15) is 4.79 Å². The number of rotatable bonds is 1. The highest BCUT2D eigenvalue weighted by atomic mass is 32.1. The van der Waals surface area contributed by atoms with Crippen LogP contribution in [0.4, 0.5) is 0 Å². The van der Waals surface area contributed by atoms with Crippen LogP contribution in [0.1, 0.15) is 22.3 Å². The summed E-state index contributed by atoms with van der Waals surface area (Å²) in [4.78, 5) is 14.5. The number of hydrogen-bond donors (Lipinski definition) is 1. The summed E-state index contributed by atoms with van der Waals surface area (Å²) in [5.41, 5.74) is 0.877. The van der Waals surface area contributed by atoms with Crippen molar-refractivity contribution in [2.24, 2.45) is 0 Å². The van der Waals surface area contributed by atoms with E-state index in [1.54, 1.807) is 6.92 Å². The third-order valence-corrected chi connectivity index (χ3v) is 2.58. The maximum Gasteiger partial charge on any atom is 0.171 e. The normalized spacial score (nSPS) is 9.80. The molecule has 0 aliphatic rings. The van der Waals surface area contributed by atoms with Gasteiger partial charge in [-0.15, -0.1) is 11.3 Å². The van der Waals surface area contributed by atoms with Crippen molar-refractivity contribution in [1.29, 1.82) is 0 Å². The van der Waals surface area contributed by atoms with Crippen LogP contribution in [0.15, 0.2) is 0 Å². The van der Waals surface area contributed by atoms with Crippen molar-refractivity contribution in [3.05, 3.63) is 14.5 Å². The molecule has 1 aromatic rings. The molecule has 1 aromatic heterocycles. The van der Waals surface area contributed by atoms with Gasteiger partial charge < -0.3 is 4.98 Å². The van der Waals surface area contributed by atoms with E-state index in [0.29, 0.717) is 3.95 Å². The van der Waals surface area contributed by atoms with Crippen LogP contribution >= 0.6 is 23.6 Å². The molecule has 0 radical (unpaired) electrons. The minimum Gasteiger partial charge on any atom is -0.340 e. The fraction of sp³-hybridized carbons (Fsp3) is 0.333. The van der Waals surface area contributed by atoms with Crippen LogP contribution in [-0.4, -0.2) is 10.8 Å². The quantitative estimate of drug-likeness (QED) is 0.522. The second-order valence-electron chi connectivity index (χ2n) is 2.02. The van der Waals surface area contributed by atoms with Crippen LogP contribution in [0.25, 0.3) is 0 Å². The van der Waals surface area contributed by atoms with E-state index in [-0.39, 0.29) is 5.78 Å². The Morgan fingerprint density at radius 1 is 1.70 bits per heavy atom. The molecular weight excluding hydrogens is 166 g/mol. The van der Waals surface area contributed by atoms with E-state index in [1.807, 2.05) is 6.92 Å². The average molecular weight is 173 g/mol. The molecule has 0 aliphatic carbocycles. The molecule has 0 unspecified atom stereocenters. The van der Waals surface area contributed by atoms with E-state index >= 15 is 0 Å². The van der Waals surface area contributed by atoms with Crippen LogP contribution in [-0.2, 0) is 0 Å². The minimum absolute atomic E-state index is 0.0786. The van der Waals surface area contributed by atoms with Crippen LogP contribution in [0.3, 0.4) is 0 Å². The van der Waals surface area contributed by atoms with Gasteiger partial charge in [-0.3, -0.25) is 4.79 Å². The zero-order chi connectivity index (χ0) is 7.72. The largest absolute Gasteiger partial charge is 0.340 e. The number of carbonyl (C=O) groups is 1. The summed E-state index contributed by atoms with van der Waals surface area (Å²) in [5.74, 6) is 0.0786. The molecule has 10 heavy (non-hydrogen) atoms. The third-order valence-electron chi connectivity index (χ3n) is 1.14. The number of carbonyl (C=O) groups excluding carboxylic acids is 1. The van der Waals surface area contributed by atoms with Crippen molar-refractivity contribution < 1.29 is 4.79 Å². The molecule has 0 spiro atoms. The minimum atomic E-state index is 0.0786. The number of nitrogens with one attached hydrogen (secondary N) is 1. The number of thiazole rings is 1. The summed E-state index contributed by atoms with van der Waals surface area (Å²) in [6, 6.07) is 0. The predicted molar refractivity (Wildman–Crippen MR) is 44.2 cm³/mol. The highest BCUT2D eigenvalue weighted by Crippen LogP contribution is 2.14. The van der Waals surface area contributed by atoms with Crippen molar-refractivity contribution in [1.82, 2.24) is 4.98 Å². The molecule has 2 nitrogen and oxygen atoms in total. The van der Waals surface area contributed by atoms with E-state index in [1.165, 1.54) is 11.3 Å². The fourth-order valence-electron chi connectivity index (χ4n) is 0.741. The van der Waals surface area contributed by atoms with Crippen molar-refractivity contribution in [3.8, 4) is 0 Å². The van der Waals surface area contributed by atoms with E-state index in [4.69, 9.17) is 12.2 Å². The summed E-state index contributed by atoms with van der Waals surface area (Å²) in [6.45, 7) is 3.39. The van der Waals surface area contributed by atoms with Crippen molar-refractivity contribution in [3.63, 3.8) is 0 Å². The first kappa shape index (κ1) is 7.63. The summed E-state index contributed by atoms with van der Waals surface area (Å²) in [5, 5.41) is 0. The number of Topliss-reactive ketones (excluding diaryl/α,β-unsaturated/α-hetero) is 1. The summed E-state index contributed by atoms with van der Waals surface area (Å²) < 4.78 is 0.669. The molecule has 1 heterocycles. The van der Waals surface area contributed by atoms with E-state index < -0.39 is 0 Å². The number of ketones is 1. The van der Waals surface area contributed by atoms with Gasteiger partial charge in [0, 0.05) is 12.6 Å². The van der Waals surface area contributed by atoms with Crippen LogP contribution < -0.4 is 0 Å². The SMILES string of the molecule is CC(=O)c1sc(=S)[nH]c1C. The first-order chi connectivity index (χ1) is 4.61. The molecule has 0 bridgehead atoms. The van der Waals surface area contributed by atoms with E-state index in [2.05, 4.69) is 4.98 Å². The molecule has 0 amide bonds. The van der Waals surface area contributed by atoms with Gasteiger partial charge in [0.05, 0.1) is 4.88 Å². The number of hydrogen-bond acceptors (Lipinski definition) is 3. The molecular formula is C6H7NOS2. The Morgan fingerprint density at radius 2 is 2.30 bits per heavy atom. The van der Waals surface area contributed by atoms with Gasteiger partial charge in [-0.25, -0.2) is 0 Å². The van der Waals surface area contributed by atoms with E-state index in [0.717, 1.165) is 10.6 Å². The van der Waals surface area contributed by atoms with Crippen molar-refractivity contribution in [2.45, 2.75) is 13.8 Å². The molecule has 0 saturated carbocycles. The standard InChI is InChI=1S/C6H7NOS2/c1-3-5(4(2)8)10-6(9)7-3/h1-2H3,(H,7,9). The van der Waals surface area contributed by atoms with Gasteiger partial charge in [-0.05, 0) is 19.1 Å². The van der Waals surface area contributed by atoms with Gasteiger partial charge in [-0.1, -0.05) is 0 Å². The smallest absolute Gasteiger partial charge is 0.171 e. The van der Waals surface area contributed by atoms with Crippen LogP contribution in [0.2, 0.25) is 0 Å². The van der Waals surface area contributed by atoms with Crippen molar-refractivity contribution in [2.75, 3.05) is 0 Å². The fourth-order valence-corrected chi connectivity index (χ4v) is 1.88. The average Bonchev–Trinajstić information content (AvgIpc) is 2.10. The number of aromatic nitrogens is 1. The summed E-state index contributed by atoms with van der Waals surface area (Å²) in [6.07, 6.45) is 0. The second kappa shape index (κ2) is 2.64. The predicted octanol–water partition coefficient (Wildman–Crippen LogP) is 2.32. The maximum absolute atomic E-state index is 10.8. The molecule has 54 valence electrons. The number of H-pyrrole nitrogens is 1. The van der Waals surface area contributed by atoms with Gasteiger partial charge in [0.1, 0.15) is 0 Å². The summed E-state index contributed by atoms with van der Waals surface area (Å²) >= 11 is 6.18. The second-order valence-corrected chi connectivity index (χ2v) is 3.71. The Balaban J connectivity index is 3.28. The Hall–Kier alpha value is -0.480. The summed E-state index contributed by atoms with van der Waals surface area (Å²) in [7, 11) is 0. The molecule has 0 atom stereocenters. The Kier molecular flexibility index (Phi) is 2.01. The molecule has 0 fully saturated rings. The highest BCUT2D eigenvalue weighted by Gasteiger charge is 2.05. The monoisotopic (exact) mass is 173 g/mol. The first-order valence-electron chi connectivity index (χ1n) is 2.82. The van der Waals surface area contributed by atoms with Gasteiger partial charge in [-0.2, -0.15) is 0 Å². The number of aromatic amines is 1. The molecule has 1 rings (SSSR count). The molecule has 0 saturated heterocycles. The topological polar surface area (TPSA) is 32.9 Å². The molecule has 1 N–H and O–H groups in total. The zero-order valence-electron chi connectivity index (χ0n) is 5.72. The lowest BCUT2D eigenvalue weighted by Gasteiger charge is -1.86. The Labute approximate surface area is 67.9 Å². The Bertz CT molecular complexity index is 310. The van der Waals surface area contributed by atoms with Gasteiger partial charge >= 0.3 is 0 Å². The van der Waals surface area contributed by atoms with Gasteiger partial charge in [0.15, 0.2) is 9.74 Å². The van der Waals surface area contributed by atoms with Crippen LogP contribution in [0.5, 0.6) is 0 Å². The molecule has 0 aliphatic heterocycles. The van der Waals surface area contributed by atoms with Gasteiger partial charge in [0.2, 0.25) is 0 Å². The molecule has 4 heteroatoms. The van der Waals surface area contributed by atoms with Gasteiger partial charge in [0.25, 0.3) is 0 Å². The Morgan fingerprint density at radius 3 is 2.50 bits per heavy atom. The number of aryl methyl sites for hydroxylation is 1. The maximum atomic E-state index is 10.8. The molecule has 0 aromatic carbocycles. The highest BCUT2D eigenvalue weighted by molar-refractivity contribution is 7.73. The lowest BCUT2D eigenvalue weighted by atomic mass is 10.3. The lowest BCUT2D eigenvalue weighted by Crippen LogP contribution is -1.89. The zero-order valence-corrected chi connectivity index (χ0v) is 7.36. The van der Waals surface area contributed by atoms with Crippen LogP contribution in [0, 0.1) is 10.9 Å². The third kappa shape index (κ3) is 1.33. The lowest BCUT2D eigenvalue weighted by molar-refractivity contribution is 0.102. The van der Waals surface area contributed by atoms with Crippen molar-refractivity contribution >= 4 is 29.3 Å².